The smallest absolute Gasteiger partial charge is 0.272 e. The lowest BCUT2D eigenvalue weighted by molar-refractivity contribution is -0.122. The summed E-state index contributed by atoms with van der Waals surface area (Å²) in [6, 6.07) is 8.43. The molecule has 200 valence electrons. The number of nitrogens with zero attached hydrogens (tertiary/aromatic N) is 1. The zero-order valence-electron chi connectivity index (χ0n) is 21.0. The van der Waals surface area contributed by atoms with Gasteiger partial charge in [-0.05, 0) is 57.2 Å². The third-order valence-electron chi connectivity index (χ3n) is 5.12. The van der Waals surface area contributed by atoms with Crippen LogP contribution in [-0.4, -0.2) is 35.3 Å². The summed E-state index contributed by atoms with van der Waals surface area (Å²) in [6.07, 6.45) is 1.82. The molecule has 0 aliphatic carbocycles. The van der Waals surface area contributed by atoms with E-state index in [4.69, 9.17) is 20.6 Å². The number of benzene rings is 2. The first-order valence-corrected chi connectivity index (χ1v) is 11.6. The van der Waals surface area contributed by atoms with Crippen LogP contribution in [0.2, 0.25) is 0 Å². The highest BCUT2D eigenvalue weighted by Gasteiger charge is 2.27. The lowest BCUT2D eigenvalue weighted by atomic mass is 10.0. The lowest BCUT2D eigenvalue weighted by Gasteiger charge is -2.23. The number of carbonyl (C=O) groups excluding carboxylic acids is 2. The SMILES string of the molecule is CCOc1cc(C(Nc2ccc(C(=N)N)cc2)C(=O)NNC(=O)c2ccncc2F)c(F)cc1OC(C)C. The molecule has 38 heavy (non-hydrogen) atoms. The number of amidine groups is 1. The third-order valence-corrected chi connectivity index (χ3v) is 5.12. The molecule has 2 amide bonds. The van der Waals surface area contributed by atoms with Gasteiger partial charge in [-0.3, -0.25) is 30.8 Å². The van der Waals surface area contributed by atoms with Crippen molar-refractivity contribution in [2.24, 2.45) is 5.73 Å². The maximum Gasteiger partial charge on any atom is 0.272 e. The maximum absolute atomic E-state index is 15.4. The van der Waals surface area contributed by atoms with Crippen LogP contribution >= 0.6 is 0 Å². The average molecular weight is 527 g/mol. The Morgan fingerprint density at radius 1 is 1.05 bits per heavy atom. The molecule has 0 spiro atoms. The summed E-state index contributed by atoms with van der Waals surface area (Å²) in [6.45, 7) is 5.55. The molecule has 0 radical (unpaired) electrons. The first kappa shape index (κ1) is 27.8. The molecule has 12 heteroatoms. The van der Waals surface area contributed by atoms with Crippen molar-refractivity contribution in [3.05, 3.63) is 83.2 Å². The number of nitrogens with two attached hydrogens (primary N) is 1. The van der Waals surface area contributed by atoms with Gasteiger partial charge in [-0.1, -0.05) is 0 Å². The molecule has 10 nitrogen and oxygen atoms in total. The summed E-state index contributed by atoms with van der Waals surface area (Å²) in [4.78, 5) is 29.2. The number of aromatic nitrogens is 1. The number of hydrogen-bond acceptors (Lipinski definition) is 7. The van der Waals surface area contributed by atoms with Crippen molar-refractivity contribution in [2.75, 3.05) is 11.9 Å². The van der Waals surface area contributed by atoms with Crippen molar-refractivity contribution in [3.63, 3.8) is 0 Å². The zero-order valence-corrected chi connectivity index (χ0v) is 21.0. The Kier molecular flexibility index (Phi) is 9.14. The van der Waals surface area contributed by atoms with Crippen molar-refractivity contribution in [2.45, 2.75) is 32.9 Å². The number of halogens is 2. The molecule has 1 heterocycles. The molecule has 0 saturated carbocycles. The Labute approximate surface area is 218 Å². The van der Waals surface area contributed by atoms with E-state index in [0.717, 1.165) is 18.3 Å². The van der Waals surface area contributed by atoms with Gasteiger partial charge in [0.15, 0.2) is 17.3 Å². The quantitative estimate of drug-likeness (QED) is 0.154. The normalized spacial score (nSPS) is 11.4. The van der Waals surface area contributed by atoms with E-state index in [1.54, 1.807) is 45.0 Å². The highest BCUT2D eigenvalue weighted by Crippen LogP contribution is 2.35. The predicted octanol–water partition coefficient (Wildman–Crippen LogP) is 3.44. The molecule has 0 saturated heterocycles. The predicted molar refractivity (Wildman–Crippen MR) is 137 cm³/mol. The molecular formula is C26H28F2N6O4. The Morgan fingerprint density at radius 3 is 2.37 bits per heavy atom. The second kappa shape index (κ2) is 12.5. The fourth-order valence-electron chi connectivity index (χ4n) is 3.40. The molecule has 1 atom stereocenters. The molecule has 0 fully saturated rings. The molecule has 0 aliphatic heterocycles. The van der Waals surface area contributed by atoms with Gasteiger partial charge in [0.25, 0.3) is 11.8 Å². The maximum atomic E-state index is 15.4. The van der Waals surface area contributed by atoms with Gasteiger partial charge in [0.2, 0.25) is 0 Å². The van der Waals surface area contributed by atoms with E-state index in [2.05, 4.69) is 21.2 Å². The minimum atomic E-state index is -1.38. The fraction of sp³-hybridized carbons (Fsp3) is 0.231. The monoisotopic (exact) mass is 526 g/mol. The highest BCUT2D eigenvalue weighted by atomic mass is 19.1. The number of anilines is 1. The summed E-state index contributed by atoms with van der Waals surface area (Å²) in [5.41, 5.74) is 10.2. The Bertz CT molecular complexity index is 1320. The number of nitrogens with one attached hydrogen (secondary N) is 4. The molecule has 0 bridgehead atoms. The number of nitrogen functional groups attached to an aromatic ring is 1. The van der Waals surface area contributed by atoms with Gasteiger partial charge in [0.05, 0.1) is 24.5 Å². The van der Waals surface area contributed by atoms with Gasteiger partial charge in [-0.15, -0.1) is 0 Å². The molecule has 6 N–H and O–H groups in total. The molecule has 3 aromatic rings. The van der Waals surface area contributed by atoms with Crippen molar-refractivity contribution in [1.29, 1.82) is 5.41 Å². The summed E-state index contributed by atoms with van der Waals surface area (Å²) < 4.78 is 40.6. The van der Waals surface area contributed by atoms with Crippen molar-refractivity contribution in [1.82, 2.24) is 15.8 Å². The standard InChI is InChI=1S/C26H28F2N6O4/c1-4-37-21-11-18(19(27)12-22(21)38-14(2)3)23(32-16-7-5-15(6-8-16)24(29)30)26(36)34-33-25(35)17-9-10-31-13-20(17)28/h5-14,23,32H,4H2,1-3H3,(H3,29,30)(H,33,35)(H,34,36). The fourth-order valence-corrected chi connectivity index (χ4v) is 3.40. The number of amides is 2. The summed E-state index contributed by atoms with van der Waals surface area (Å²) in [5, 5.41) is 10.4. The van der Waals surface area contributed by atoms with Gasteiger partial charge < -0.3 is 20.5 Å². The topological polar surface area (TPSA) is 151 Å². The van der Waals surface area contributed by atoms with E-state index in [9.17, 15) is 14.0 Å². The second-order valence-corrected chi connectivity index (χ2v) is 8.29. The minimum absolute atomic E-state index is 0.109. The van der Waals surface area contributed by atoms with Crippen molar-refractivity contribution >= 4 is 23.3 Å². The van der Waals surface area contributed by atoms with E-state index in [1.807, 2.05) is 0 Å². The zero-order chi connectivity index (χ0) is 27.8. The van der Waals surface area contributed by atoms with Crippen LogP contribution in [0.4, 0.5) is 14.5 Å². The number of carbonyl (C=O) groups is 2. The number of rotatable bonds is 10. The van der Waals surface area contributed by atoms with Crippen LogP contribution in [-0.2, 0) is 4.79 Å². The largest absolute Gasteiger partial charge is 0.490 e. The molecule has 2 aromatic carbocycles. The first-order chi connectivity index (χ1) is 18.1. The summed E-state index contributed by atoms with van der Waals surface area (Å²) in [5.74, 6) is -3.22. The molecular weight excluding hydrogens is 498 g/mol. The van der Waals surface area contributed by atoms with Crippen LogP contribution in [0.15, 0.2) is 54.9 Å². The second-order valence-electron chi connectivity index (χ2n) is 8.29. The van der Waals surface area contributed by atoms with Crippen LogP contribution in [0.3, 0.4) is 0 Å². The van der Waals surface area contributed by atoms with Gasteiger partial charge in [-0.25, -0.2) is 8.78 Å². The Morgan fingerprint density at radius 2 is 1.76 bits per heavy atom. The molecule has 1 aromatic heterocycles. The lowest BCUT2D eigenvalue weighted by Crippen LogP contribution is -2.45. The third kappa shape index (κ3) is 6.93. The summed E-state index contributed by atoms with van der Waals surface area (Å²) >= 11 is 0. The van der Waals surface area contributed by atoms with Gasteiger partial charge in [0, 0.05) is 29.1 Å². The average Bonchev–Trinajstić information content (AvgIpc) is 2.87. The van der Waals surface area contributed by atoms with Gasteiger partial charge >= 0.3 is 0 Å². The Hall–Kier alpha value is -4.74. The van der Waals surface area contributed by atoms with E-state index in [-0.39, 0.29) is 41.2 Å². The van der Waals surface area contributed by atoms with Crippen LogP contribution < -0.4 is 31.4 Å². The molecule has 0 aliphatic rings. The van der Waals surface area contributed by atoms with E-state index in [0.29, 0.717) is 11.3 Å². The van der Waals surface area contributed by atoms with Crippen LogP contribution in [0.5, 0.6) is 11.5 Å². The highest BCUT2D eigenvalue weighted by molar-refractivity contribution is 5.97. The van der Waals surface area contributed by atoms with Crippen molar-refractivity contribution < 1.29 is 27.8 Å². The number of hydrazine groups is 1. The van der Waals surface area contributed by atoms with Crippen molar-refractivity contribution in [3.8, 4) is 11.5 Å². The van der Waals surface area contributed by atoms with Crippen LogP contribution in [0.1, 0.15) is 48.3 Å². The molecule has 3 rings (SSSR count). The first-order valence-electron chi connectivity index (χ1n) is 11.6. The number of pyridine rings is 1. The van der Waals surface area contributed by atoms with Crippen LogP contribution in [0, 0.1) is 17.0 Å². The minimum Gasteiger partial charge on any atom is -0.490 e. The number of hydrogen-bond donors (Lipinski definition) is 5. The van der Waals surface area contributed by atoms with E-state index < -0.39 is 29.5 Å². The van der Waals surface area contributed by atoms with E-state index in [1.165, 1.54) is 12.3 Å². The van der Waals surface area contributed by atoms with Gasteiger partial charge in [-0.2, -0.15) is 0 Å². The number of ether oxygens (including phenoxy) is 2. The van der Waals surface area contributed by atoms with Crippen LogP contribution in [0.25, 0.3) is 0 Å². The van der Waals surface area contributed by atoms with Gasteiger partial charge in [0.1, 0.15) is 17.7 Å². The molecule has 1 unspecified atom stereocenters. The Balaban J connectivity index is 1.95. The van der Waals surface area contributed by atoms with E-state index >= 15 is 4.39 Å². The summed E-state index contributed by atoms with van der Waals surface area (Å²) in [7, 11) is 0.